The Bertz CT molecular complexity index is 326. The maximum atomic E-state index is 14.4. The van der Waals surface area contributed by atoms with Crippen LogP contribution in [0.5, 0.6) is 0 Å². The van der Waals surface area contributed by atoms with Crippen LogP contribution >= 0.6 is 0 Å². The van der Waals surface area contributed by atoms with E-state index in [1.807, 2.05) is 0 Å². The molecule has 82 valence electrons. The molecule has 0 unspecified atom stereocenters. The summed E-state index contributed by atoms with van der Waals surface area (Å²) in [5, 5.41) is 0. The van der Waals surface area contributed by atoms with Crippen LogP contribution in [-0.4, -0.2) is 6.04 Å². The van der Waals surface area contributed by atoms with E-state index < -0.39 is 5.67 Å². The molecule has 1 aromatic rings. The van der Waals surface area contributed by atoms with Crippen molar-refractivity contribution in [1.82, 2.24) is 0 Å². The quantitative estimate of drug-likeness (QED) is 0.759. The van der Waals surface area contributed by atoms with Crippen molar-refractivity contribution in [3.8, 4) is 0 Å². The smallest absolute Gasteiger partial charge is 0.136 e. The van der Waals surface area contributed by atoms with Crippen LogP contribution < -0.4 is 5.73 Å². The highest BCUT2D eigenvalue weighted by Gasteiger charge is 2.35. The van der Waals surface area contributed by atoms with Gasteiger partial charge in [0.05, 0.1) is 0 Å². The van der Waals surface area contributed by atoms with E-state index in [9.17, 15) is 8.78 Å². The molecule has 1 fully saturated rings. The normalized spacial score (nSPS) is 31.5. The number of hydrogen-bond acceptors (Lipinski definition) is 1. The minimum Gasteiger partial charge on any atom is -0.328 e. The van der Waals surface area contributed by atoms with Crippen LogP contribution in [0, 0.1) is 5.82 Å². The molecule has 2 N–H and O–H groups in total. The zero-order valence-corrected chi connectivity index (χ0v) is 8.55. The first-order chi connectivity index (χ1) is 7.10. The highest BCUT2D eigenvalue weighted by Crippen LogP contribution is 2.40. The fourth-order valence-electron chi connectivity index (χ4n) is 2.13. The lowest BCUT2D eigenvalue weighted by Crippen LogP contribution is -2.33. The van der Waals surface area contributed by atoms with Crippen LogP contribution in [-0.2, 0) is 5.67 Å². The number of alkyl halides is 1. The molecule has 0 radical (unpaired) electrons. The molecule has 2 rings (SSSR count). The van der Waals surface area contributed by atoms with E-state index in [1.54, 1.807) is 0 Å². The first-order valence-corrected chi connectivity index (χ1v) is 5.31. The van der Waals surface area contributed by atoms with Gasteiger partial charge in [-0.05, 0) is 43.4 Å². The molecule has 0 atom stereocenters. The summed E-state index contributed by atoms with van der Waals surface area (Å²) in [5.41, 5.74) is 5.01. The van der Waals surface area contributed by atoms with E-state index in [0.29, 0.717) is 31.2 Å². The van der Waals surface area contributed by atoms with Crippen molar-refractivity contribution in [3.63, 3.8) is 0 Å². The molecular formula is C12H15F2N. The van der Waals surface area contributed by atoms with Gasteiger partial charge < -0.3 is 5.73 Å². The van der Waals surface area contributed by atoms with Gasteiger partial charge in [-0.15, -0.1) is 0 Å². The Labute approximate surface area is 88.3 Å². The second-order valence-corrected chi connectivity index (χ2v) is 4.31. The molecule has 0 bridgehead atoms. The molecule has 3 heteroatoms. The van der Waals surface area contributed by atoms with E-state index in [4.69, 9.17) is 5.73 Å². The standard InChI is InChI=1S/C12H15F2N/c13-10-3-1-9(2-4-10)12(14)7-5-11(15)6-8-12/h1-4,11H,5-8,15H2. The van der Waals surface area contributed by atoms with Gasteiger partial charge in [0, 0.05) is 6.04 Å². The molecule has 1 aliphatic carbocycles. The number of rotatable bonds is 1. The monoisotopic (exact) mass is 211 g/mol. The molecular weight excluding hydrogens is 196 g/mol. The zero-order valence-electron chi connectivity index (χ0n) is 8.55. The average Bonchev–Trinajstić information content (AvgIpc) is 2.24. The van der Waals surface area contributed by atoms with E-state index in [-0.39, 0.29) is 11.9 Å². The second-order valence-electron chi connectivity index (χ2n) is 4.31. The summed E-state index contributed by atoms with van der Waals surface area (Å²) in [4.78, 5) is 0. The van der Waals surface area contributed by atoms with Crippen molar-refractivity contribution in [2.45, 2.75) is 37.4 Å². The molecule has 15 heavy (non-hydrogen) atoms. The van der Waals surface area contributed by atoms with Gasteiger partial charge in [0.15, 0.2) is 0 Å². The number of nitrogens with two attached hydrogens (primary N) is 1. The summed E-state index contributed by atoms with van der Waals surface area (Å²) in [7, 11) is 0. The van der Waals surface area contributed by atoms with Crippen molar-refractivity contribution < 1.29 is 8.78 Å². The Morgan fingerprint density at radius 1 is 1.13 bits per heavy atom. The molecule has 1 saturated carbocycles. The number of hydrogen-bond donors (Lipinski definition) is 1. The molecule has 0 spiro atoms. The summed E-state index contributed by atoms with van der Waals surface area (Å²) in [6.07, 6.45) is 2.29. The Morgan fingerprint density at radius 3 is 2.20 bits per heavy atom. The molecule has 0 amide bonds. The molecule has 1 nitrogen and oxygen atoms in total. The number of benzene rings is 1. The predicted molar refractivity (Wildman–Crippen MR) is 55.6 cm³/mol. The molecule has 0 aliphatic heterocycles. The van der Waals surface area contributed by atoms with Crippen LogP contribution in [0.4, 0.5) is 8.78 Å². The lowest BCUT2D eigenvalue weighted by atomic mass is 9.79. The fourth-order valence-corrected chi connectivity index (χ4v) is 2.13. The Hall–Kier alpha value is -0.960. The van der Waals surface area contributed by atoms with Crippen molar-refractivity contribution in [1.29, 1.82) is 0 Å². The van der Waals surface area contributed by atoms with Crippen LogP contribution in [0.3, 0.4) is 0 Å². The van der Waals surface area contributed by atoms with Crippen molar-refractivity contribution in [2.24, 2.45) is 5.73 Å². The van der Waals surface area contributed by atoms with E-state index in [1.165, 1.54) is 24.3 Å². The fraction of sp³-hybridized carbons (Fsp3) is 0.500. The molecule has 0 aromatic heterocycles. The lowest BCUT2D eigenvalue weighted by Gasteiger charge is -2.32. The van der Waals surface area contributed by atoms with E-state index >= 15 is 0 Å². The van der Waals surface area contributed by atoms with Crippen molar-refractivity contribution >= 4 is 0 Å². The third kappa shape index (κ3) is 2.17. The summed E-state index contributed by atoms with van der Waals surface area (Å²) in [6, 6.07) is 5.81. The maximum Gasteiger partial charge on any atom is 0.136 e. The largest absolute Gasteiger partial charge is 0.328 e. The molecule has 0 heterocycles. The average molecular weight is 211 g/mol. The SMILES string of the molecule is NC1CCC(F)(c2ccc(F)cc2)CC1. The van der Waals surface area contributed by atoms with Gasteiger partial charge in [0.25, 0.3) is 0 Å². The van der Waals surface area contributed by atoms with E-state index in [2.05, 4.69) is 0 Å². The Balaban J connectivity index is 2.18. The Morgan fingerprint density at radius 2 is 1.67 bits per heavy atom. The zero-order chi connectivity index (χ0) is 10.9. The van der Waals surface area contributed by atoms with Crippen molar-refractivity contribution in [3.05, 3.63) is 35.6 Å². The maximum absolute atomic E-state index is 14.4. The van der Waals surface area contributed by atoms with Gasteiger partial charge >= 0.3 is 0 Å². The van der Waals surface area contributed by atoms with Crippen LogP contribution in [0.2, 0.25) is 0 Å². The Kier molecular flexibility index (Phi) is 2.74. The molecule has 1 aliphatic rings. The van der Waals surface area contributed by atoms with Gasteiger partial charge in [-0.25, -0.2) is 8.78 Å². The van der Waals surface area contributed by atoms with Crippen LogP contribution in [0.15, 0.2) is 24.3 Å². The summed E-state index contributed by atoms with van der Waals surface area (Å²) in [5.74, 6) is -0.324. The third-order valence-electron chi connectivity index (χ3n) is 3.18. The summed E-state index contributed by atoms with van der Waals surface area (Å²) < 4.78 is 27.1. The summed E-state index contributed by atoms with van der Waals surface area (Å²) >= 11 is 0. The highest BCUT2D eigenvalue weighted by atomic mass is 19.1. The molecule has 1 aromatic carbocycles. The lowest BCUT2D eigenvalue weighted by molar-refractivity contribution is 0.0978. The third-order valence-corrected chi connectivity index (χ3v) is 3.18. The first kappa shape index (κ1) is 10.6. The van der Waals surface area contributed by atoms with Gasteiger partial charge in [-0.1, -0.05) is 12.1 Å². The van der Waals surface area contributed by atoms with Crippen LogP contribution in [0.1, 0.15) is 31.2 Å². The van der Waals surface area contributed by atoms with Gasteiger partial charge in [-0.2, -0.15) is 0 Å². The minimum absolute atomic E-state index is 0.120. The van der Waals surface area contributed by atoms with Crippen molar-refractivity contribution in [2.75, 3.05) is 0 Å². The summed E-state index contributed by atoms with van der Waals surface area (Å²) in [6.45, 7) is 0. The molecule has 0 saturated heterocycles. The van der Waals surface area contributed by atoms with Crippen LogP contribution in [0.25, 0.3) is 0 Å². The van der Waals surface area contributed by atoms with E-state index in [0.717, 1.165) is 0 Å². The minimum atomic E-state index is -1.30. The second kappa shape index (κ2) is 3.89. The van der Waals surface area contributed by atoms with Gasteiger partial charge in [0.1, 0.15) is 11.5 Å². The predicted octanol–water partition coefficient (Wildman–Crippen LogP) is 2.89. The number of halogens is 2. The van der Waals surface area contributed by atoms with Gasteiger partial charge in [-0.3, -0.25) is 0 Å². The van der Waals surface area contributed by atoms with Gasteiger partial charge in [0.2, 0.25) is 0 Å². The highest BCUT2D eigenvalue weighted by molar-refractivity contribution is 5.23. The first-order valence-electron chi connectivity index (χ1n) is 5.31. The topological polar surface area (TPSA) is 26.0 Å².